The molecule has 0 bridgehead atoms. The second-order valence-electron chi connectivity index (χ2n) is 4.08. The number of aliphatic hydroxyl groups excluding tert-OH is 1. The van der Waals surface area contributed by atoms with Crippen molar-refractivity contribution in [2.45, 2.75) is 26.0 Å². The lowest BCUT2D eigenvalue weighted by Crippen LogP contribution is -2.27. The highest BCUT2D eigenvalue weighted by molar-refractivity contribution is 5.48. The Morgan fingerprint density at radius 2 is 2.12 bits per heavy atom. The summed E-state index contributed by atoms with van der Waals surface area (Å²) in [5.41, 5.74) is 0.00810. The summed E-state index contributed by atoms with van der Waals surface area (Å²) < 4.78 is 0. The van der Waals surface area contributed by atoms with Crippen molar-refractivity contribution >= 4 is 5.69 Å². The molecule has 17 heavy (non-hydrogen) atoms. The van der Waals surface area contributed by atoms with Crippen LogP contribution in [0.25, 0.3) is 0 Å². The molecule has 1 aromatic carbocycles. The summed E-state index contributed by atoms with van der Waals surface area (Å²) >= 11 is 0. The molecule has 94 valence electrons. The van der Waals surface area contributed by atoms with Gasteiger partial charge in [0.05, 0.1) is 11.0 Å². The van der Waals surface area contributed by atoms with E-state index in [4.69, 9.17) is 0 Å². The maximum absolute atomic E-state index is 10.6. The van der Waals surface area contributed by atoms with E-state index in [0.717, 1.165) is 0 Å². The molecule has 0 aromatic heterocycles. The molecule has 0 aliphatic rings. The maximum atomic E-state index is 10.6. The van der Waals surface area contributed by atoms with Gasteiger partial charge < -0.3 is 15.5 Å². The molecule has 1 atom stereocenters. The van der Waals surface area contributed by atoms with Gasteiger partial charge in [-0.15, -0.1) is 0 Å². The third-order valence-electron chi connectivity index (χ3n) is 2.30. The highest BCUT2D eigenvalue weighted by Gasteiger charge is 2.17. The maximum Gasteiger partial charge on any atom is 0.311 e. The highest BCUT2D eigenvalue weighted by Crippen LogP contribution is 2.28. The van der Waals surface area contributed by atoms with Crippen LogP contribution in [-0.2, 0) is 0 Å². The molecule has 0 fully saturated rings. The van der Waals surface area contributed by atoms with Gasteiger partial charge in [0.2, 0.25) is 0 Å². The smallest absolute Gasteiger partial charge is 0.311 e. The topological polar surface area (TPSA) is 95.6 Å². The number of rotatable bonds is 5. The number of aromatic hydroxyl groups is 1. The summed E-state index contributed by atoms with van der Waals surface area (Å²) in [6, 6.07) is 4.08. The number of nitrogens with zero attached hydrogens (tertiary/aromatic N) is 1. The Morgan fingerprint density at radius 1 is 1.47 bits per heavy atom. The molecule has 0 heterocycles. The van der Waals surface area contributed by atoms with Crippen molar-refractivity contribution < 1.29 is 15.1 Å². The first-order valence-corrected chi connectivity index (χ1v) is 5.30. The van der Waals surface area contributed by atoms with Gasteiger partial charge in [-0.3, -0.25) is 10.1 Å². The summed E-state index contributed by atoms with van der Waals surface area (Å²) in [4.78, 5) is 9.93. The van der Waals surface area contributed by atoms with Crippen LogP contribution in [0, 0.1) is 10.1 Å². The zero-order chi connectivity index (χ0) is 13.0. The SMILES string of the molecule is CC(C)NCC(O)c1ccc(O)c([N+](=O)[O-])c1. The summed E-state index contributed by atoms with van der Waals surface area (Å²) in [6.45, 7) is 4.18. The van der Waals surface area contributed by atoms with Gasteiger partial charge in [-0.1, -0.05) is 19.9 Å². The lowest BCUT2D eigenvalue weighted by molar-refractivity contribution is -0.386. The van der Waals surface area contributed by atoms with Gasteiger partial charge in [0, 0.05) is 18.7 Å². The Labute approximate surface area is 99.0 Å². The van der Waals surface area contributed by atoms with Gasteiger partial charge in [0.1, 0.15) is 0 Å². The van der Waals surface area contributed by atoms with Crippen LogP contribution in [0.1, 0.15) is 25.5 Å². The van der Waals surface area contributed by atoms with E-state index >= 15 is 0 Å². The molecule has 3 N–H and O–H groups in total. The third-order valence-corrected chi connectivity index (χ3v) is 2.30. The minimum absolute atomic E-state index is 0.219. The molecule has 0 spiro atoms. The van der Waals surface area contributed by atoms with Crippen LogP contribution in [0.3, 0.4) is 0 Å². The molecule has 6 nitrogen and oxygen atoms in total. The number of phenols is 1. The van der Waals surface area contributed by atoms with E-state index in [-0.39, 0.29) is 6.04 Å². The van der Waals surface area contributed by atoms with E-state index in [1.807, 2.05) is 13.8 Å². The number of aliphatic hydroxyl groups is 1. The predicted octanol–water partition coefficient (Wildman–Crippen LogP) is 1.33. The van der Waals surface area contributed by atoms with Gasteiger partial charge in [-0.2, -0.15) is 0 Å². The number of hydrogen-bond donors (Lipinski definition) is 3. The average molecular weight is 240 g/mol. The number of nitro benzene ring substituents is 1. The lowest BCUT2D eigenvalue weighted by Gasteiger charge is -2.14. The number of phenolic OH excluding ortho intramolecular Hbond substituents is 1. The minimum Gasteiger partial charge on any atom is -0.502 e. The first-order valence-electron chi connectivity index (χ1n) is 5.30. The molecule has 0 aliphatic carbocycles. The fourth-order valence-corrected chi connectivity index (χ4v) is 1.36. The van der Waals surface area contributed by atoms with E-state index in [9.17, 15) is 20.3 Å². The predicted molar refractivity (Wildman–Crippen MR) is 62.9 cm³/mol. The molecule has 1 unspecified atom stereocenters. The van der Waals surface area contributed by atoms with Crippen molar-refractivity contribution in [1.29, 1.82) is 0 Å². The Hall–Kier alpha value is -1.66. The van der Waals surface area contributed by atoms with Gasteiger partial charge in [-0.25, -0.2) is 0 Å². The van der Waals surface area contributed by atoms with Crippen LogP contribution in [0.15, 0.2) is 18.2 Å². The van der Waals surface area contributed by atoms with E-state index in [2.05, 4.69) is 5.32 Å². The molecule has 0 radical (unpaired) electrons. The number of benzene rings is 1. The minimum atomic E-state index is -0.836. The van der Waals surface area contributed by atoms with Crippen LogP contribution in [0.5, 0.6) is 5.75 Å². The molecule has 6 heteroatoms. The molecular weight excluding hydrogens is 224 g/mol. The molecule has 1 rings (SSSR count). The highest BCUT2D eigenvalue weighted by atomic mass is 16.6. The van der Waals surface area contributed by atoms with Crippen LogP contribution in [-0.4, -0.2) is 27.7 Å². The zero-order valence-electron chi connectivity index (χ0n) is 9.75. The van der Waals surface area contributed by atoms with Crippen molar-refractivity contribution in [3.05, 3.63) is 33.9 Å². The van der Waals surface area contributed by atoms with E-state index in [1.54, 1.807) is 0 Å². The third kappa shape index (κ3) is 3.69. The number of hydrogen-bond acceptors (Lipinski definition) is 5. The van der Waals surface area contributed by atoms with Crippen molar-refractivity contribution in [1.82, 2.24) is 5.32 Å². The van der Waals surface area contributed by atoms with Crippen molar-refractivity contribution in [2.24, 2.45) is 0 Å². The summed E-state index contributed by atoms with van der Waals surface area (Å²) in [5, 5.41) is 32.7. The Balaban J connectivity index is 2.84. The Bertz CT molecular complexity index is 406. The van der Waals surface area contributed by atoms with Gasteiger partial charge in [0.15, 0.2) is 5.75 Å². The van der Waals surface area contributed by atoms with E-state index in [0.29, 0.717) is 12.1 Å². The molecule has 1 aromatic rings. The van der Waals surface area contributed by atoms with Crippen molar-refractivity contribution in [2.75, 3.05) is 6.54 Å². The fourth-order valence-electron chi connectivity index (χ4n) is 1.36. The number of nitrogens with one attached hydrogen (secondary N) is 1. The summed E-state index contributed by atoms with van der Waals surface area (Å²) in [5.74, 6) is -0.400. The van der Waals surface area contributed by atoms with Crippen LogP contribution < -0.4 is 5.32 Å². The molecule has 0 aliphatic heterocycles. The Kier molecular flexibility index (Phi) is 4.42. The van der Waals surface area contributed by atoms with Crippen LogP contribution >= 0.6 is 0 Å². The van der Waals surface area contributed by atoms with Gasteiger partial charge in [-0.05, 0) is 11.6 Å². The van der Waals surface area contributed by atoms with Crippen LogP contribution in [0.2, 0.25) is 0 Å². The van der Waals surface area contributed by atoms with E-state index in [1.165, 1.54) is 18.2 Å². The monoisotopic (exact) mass is 240 g/mol. The molecule has 0 amide bonds. The van der Waals surface area contributed by atoms with Crippen molar-refractivity contribution in [3.63, 3.8) is 0 Å². The Morgan fingerprint density at radius 3 is 2.65 bits per heavy atom. The first kappa shape index (κ1) is 13.4. The lowest BCUT2D eigenvalue weighted by atomic mass is 10.1. The van der Waals surface area contributed by atoms with Crippen LogP contribution in [0.4, 0.5) is 5.69 Å². The van der Waals surface area contributed by atoms with Gasteiger partial charge >= 0.3 is 5.69 Å². The number of nitro groups is 1. The molecule has 0 saturated carbocycles. The average Bonchev–Trinajstić information content (AvgIpc) is 2.26. The standard InChI is InChI=1S/C11H16N2O4/c1-7(2)12-6-11(15)8-3-4-10(14)9(5-8)13(16)17/h3-5,7,11-12,14-15H,6H2,1-2H3. The zero-order valence-corrected chi connectivity index (χ0v) is 9.75. The summed E-state index contributed by atoms with van der Waals surface area (Å²) in [7, 11) is 0. The first-order chi connectivity index (χ1) is 7.91. The second kappa shape index (κ2) is 5.60. The molecule has 0 saturated heterocycles. The quantitative estimate of drug-likeness (QED) is 0.533. The normalized spacial score (nSPS) is 12.7. The largest absolute Gasteiger partial charge is 0.502 e. The van der Waals surface area contributed by atoms with Crippen molar-refractivity contribution in [3.8, 4) is 5.75 Å². The van der Waals surface area contributed by atoms with Gasteiger partial charge in [0.25, 0.3) is 0 Å². The van der Waals surface area contributed by atoms with E-state index < -0.39 is 22.5 Å². The molecular formula is C11H16N2O4. The summed E-state index contributed by atoms with van der Waals surface area (Å²) in [6.07, 6.45) is -0.836. The fraction of sp³-hybridized carbons (Fsp3) is 0.455. The second-order valence-corrected chi connectivity index (χ2v) is 4.08.